The molecule has 9 heteroatoms. The van der Waals surface area contributed by atoms with Gasteiger partial charge < -0.3 is 15.1 Å². The Morgan fingerprint density at radius 3 is 2.42 bits per heavy atom. The molecule has 0 bridgehead atoms. The molecule has 2 aromatic carbocycles. The Bertz CT molecular complexity index is 1130. The number of benzene rings is 2. The molecule has 4 aromatic rings. The molecule has 5 rings (SSSR count). The normalized spacial score (nSPS) is 13.9. The number of nitrogens with one attached hydrogen (secondary N) is 1. The molecular formula is C22H21N7OS. The first-order valence-electron chi connectivity index (χ1n) is 10.1. The molecule has 8 nitrogen and oxygen atoms in total. The minimum atomic E-state index is -0.0891. The fourth-order valence-electron chi connectivity index (χ4n) is 3.47. The summed E-state index contributed by atoms with van der Waals surface area (Å²) < 4.78 is 6.27. The zero-order chi connectivity index (χ0) is 21.0. The van der Waals surface area contributed by atoms with Gasteiger partial charge in [-0.25, -0.2) is 9.48 Å². The van der Waals surface area contributed by atoms with Crippen LogP contribution in [0.5, 0.6) is 0 Å². The van der Waals surface area contributed by atoms with E-state index in [0.717, 1.165) is 41.0 Å². The summed E-state index contributed by atoms with van der Waals surface area (Å²) >= 11 is 1.40. The molecule has 3 heterocycles. The number of hydrogen-bond acceptors (Lipinski definition) is 6. The van der Waals surface area contributed by atoms with Crippen molar-refractivity contribution in [1.82, 2.24) is 24.0 Å². The highest BCUT2D eigenvalue weighted by molar-refractivity contribution is 7.09. The van der Waals surface area contributed by atoms with Crippen molar-refractivity contribution < 1.29 is 4.79 Å². The molecule has 1 aliphatic rings. The first-order valence-corrected chi connectivity index (χ1v) is 10.8. The monoisotopic (exact) mass is 431 g/mol. The molecule has 0 spiro atoms. The van der Waals surface area contributed by atoms with Gasteiger partial charge in [0.25, 0.3) is 0 Å². The van der Waals surface area contributed by atoms with E-state index < -0.39 is 0 Å². The fraction of sp³-hybridized carbons (Fsp3) is 0.182. The summed E-state index contributed by atoms with van der Waals surface area (Å²) in [6, 6.07) is 19.4. The molecule has 0 unspecified atom stereocenters. The number of hydrogen-bond donors (Lipinski definition) is 1. The van der Waals surface area contributed by atoms with Crippen molar-refractivity contribution in [3.63, 3.8) is 0 Å². The summed E-state index contributed by atoms with van der Waals surface area (Å²) in [4.78, 5) is 21.4. The SMILES string of the molecule is O=C(Nc1ccc(-n2cccn2)cc1)N1CCN(c2nc(-c3ccccc3)ns2)CC1. The van der Waals surface area contributed by atoms with Crippen LogP contribution in [-0.4, -0.2) is 56.2 Å². The molecule has 1 fully saturated rings. The van der Waals surface area contributed by atoms with Crippen molar-refractivity contribution in [3.8, 4) is 17.1 Å². The third-order valence-corrected chi connectivity index (χ3v) is 5.95. The number of amides is 2. The average Bonchev–Trinajstić information content (AvgIpc) is 3.53. The number of rotatable bonds is 4. The fourth-order valence-corrected chi connectivity index (χ4v) is 4.21. The van der Waals surface area contributed by atoms with Gasteiger partial charge in [-0.15, -0.1) is 0 Å². The number of carbonyl (C=O) groups excluding carboxylic acids is 1. The van der Waals surface area contributed by atoms with Crippen LogP contribution < -0.4 is 10.2 Å². The van der Waals surface area contributed by atoms with Crippen LogP contribution in [0.25, 0.3) is 17.1 Å². The number of anilines is 2. The van der Waals surface area contributed by atoms with Crippen LogP contribution in [0.1, 0.15) is 0 Å². The molecule has 31 heavy (non-hydrogen) atoms. The Balaban J connectivity index is 1.16. The van der Waals surface area contributed by atoms with Gasteiger partial charge in [0.1, 0.15) is 0 Å². The zero-order valence-electron chi connectivity index (χ0n) is 16.8. The lowest BCUT2D eigenvalue weighted by atomic mass is 10.2. The van der Waals surface area contributed by atoms with Gasteiger partial charge >= 0.3 is 6.03 Å². The summed E-state index contributed by atoms with van der Waals surface area (Å²) in [6.45, 7) is 2.74. The van der Waals surface area contributed by atoms with E-state index in [2.05, 4.69) is 24.7 Å². The lowest BCUT2D eigenvalue weighted by Crippen LogP contribution is -2.50. The second-order valence-corrected chi connectivity index (χ2v) is 7.90. The first kappa shape index (κ1) is 19.3. The van der Waals surface area contributed by atoms with Gasteiger partial charge in [-0.2, -0.15) is 14.5 Å². The maximum Gasteiger partial charge on any atom is 0.321 e. The molecule has 0 aliphatic carbocycles. The standard InChI is InChI=1S/C22H21N7OS/c30-21(24-18-7-9-19(10-8-18)29-12-4-11-23-29)27-13-15-28(16-14-27)22-25-20(26-31-22)17-5-2-1-3-6-17/h1-12H,13-16H2,(H,24,30). The summed E-state index contributed by atoms with van der Waals surface area (Å²) in [6.07, 6.45) is 3.62. The molecule has 2 aromatic heterocycles. The van der Waals surface area contributed by atoms with Crippen LogP contribution in [0.15, 0.2) is 73.1 Å². The molecule has 2 amide bonds. The van der Waals surface area contributed by atoms with E-state index in [1.165, 1.54) is 11.5 Å². The van der Waals surface area contributed by atoms with Crippen molar-refractivity contribution in [3.05, 3.63) is 73.1 Å². The van der Waals surface area contributed by atoms with Crippen molar-refractivity contribution in [2.45, 2.75) is 0 Å². The Hall–Kier alpha value is -3.72. The number of carbonyl (C=O) groups is 1. The highest BCUT2D eigenvalue weighted by Gasteiger charge is 2.23. The van der Waals surface area contributed by atoms with E-state index in [0.29, 0.717) is 13.1 Å². The van der Waals surface area contributed by atoms with E-state index in [1.807, 2.05) is 71.8 Å². The number of nitrogens with zero attached hydrogens (tertiary/aromatic N) is 6. The van der Waals surface area contributed by atoms with Crippen molar-refractivity contribution in [2.24, 2.45) is 0 Å². The van der Waals surface area contributed by atoms with E-state index in [9.17, 15) is 4.79 Å². The maximum atomic E-state index is 12.7. The predicted molar refractivity (Wildman–Crippen MR) is 122 cm³/mol. The van der Waals surface area contributed by atoms with Gasteiger partial charge in [0.05, 0.1) is 5.69 Å². The van der Waals surface area contributed by atoms with Gasteiger partial charge in [0.2, 0.25) is 5.13 Å². The van der Waals surface area contributed by atoms with Gasteiger partial charge in [0, 0.05) is 61.4 Å². The van der Waals surface area contributed by atoms with Crippen LogP contribution in [0.4, 0.5) is 15.6 Å². The number of piperazine rings is 1. The zero-order valence-corrected chi connectivity index (χ0v) is 17.6. The number of aromatic nitrogens is 4. The molecule has 1 aliphatic heterocycles. The van der Waals surface area contributed by atoms with E-state index >= 15 is 0 Å². The largest absolute Gasteiger partial charge is 0.343 e. The minimum absolute atomic E-state index is 0.0891. The molecule has 1 saturated heterocycles. The third kappa shape index (κ3) is 4.26. The van der Waals surface area contributed by atoms with Crippen LogP contribution in [0, 0.1) is 0 Å². The molecular weight excluding hydrogens is 410 g/mol. The second kappa shape index (κ2) is 8.57. The Morgan fingerprint density at radius 1 is 0.935 bits per heavy atom. The minimum Gasteiger partial charge on any atom is -0.343 e. The van der Waals surface area contributed by atoms with Crippen molar-refractivity contribution >= 4 is 28.4 Å². The quantitative estimate of drug-likeness (QED) is 0.532. The molecule has 0 saturated carbocycles. The Labute approximate surface area is 183 Å². The predicted octanol–water partition coefficient (Wildman–Crippen LogP) is 3.74. The van der Waals surface area contributed by atoms with Gasteiger partial charge in [-0.05, 0) is 30.3 Å². The number of urea groups is 1. The van der Waals surface area contributed by atoms with E-state index in [1.54, 1.807) is 10.9 Å². The van der Waals surface area contributed by atoms with E-state index in [4.69, 9.17) is 0 Å². The summed E-state index contributed by atoms with van der Waals surface area (Å²) in [5, 5.41) is 8.08. The molecule has 0 radical (unpaired) electrons. The third-order valence-electron chi connectivity index (χ3n) is 5.17. The van der Waals surface area contributed by atoms with Crippen molar-refractivity contribution in [2.75, 3.05) is 36.4 Å². The van der Waals surface area contributed by atoms with Gasteiger partial charge in [0.15, 0.2) is 5.82 Å². The van der Waals surface area contributed by atoms with Crippen molar-refractivity contribution in [1.29, 1.82) is 0 Å². The van der Waals surface area contributed by atoms with Crippen LogP contribution >= 0.6 is 11.5 Å². The van der Waals surface area contributed by atoms with Crippen LogP contribution in [0.3, 0.4) is 0 Å². The highest BCUT2D eigenvalue weighted by Crippen LogP contribution is 2.24. The highest BCUT2D eigenvalue weighted by atomic mass is 32.1. The summed E-state index contributed by atoms with van der Waals surface area (Å²) in [7, 11) is 0. The second-order valence-electron chi connectivity index (χ2n) is 7.17. The summed E-state index contributed by atoms with van der Waals surface area (Å²) in [5.41, 5.74) is 2.73. The molecule has 0 atom stereocenters. The topological polar surface area (TPSA) is 79.2 Å². The van der Waals surface area contributed by atoms with E-state index in [-0.39, 0.29) is 6.03 Å². The summed E-state index contributed by atoms with van der Waals surface area (Å²) in [5.74, 6) is 0.749. The average molecular weight is 432 g/mol. The Kier molecular flexibility index (Phi) is 5.32. The smallest absolute Gasteiger partial charge is 0.321 e. The van der Waals surface area contributed by atoms with Gasteiger partial charge in [-0.1, -0.05) is 30.3 Å². The van der Waals surface area contributed by atoms with Crippen LogP contribution in [-0.2, 0) is 0 Å². The molecule has 156 valence electrons. The van der Waals surface area contributed by atoms with Crippen LogP contribution in [0.2, 0.25) is 0 Å². The first-order chi connectivity index (χ1) is 15.3. The Morgan fingerprint density at radius 2 is 1.71 bits per heavy atom. The lowest BCUT2D eigenvalue weighted by Gasteiger charge is -2.34. The lowest BCUT2D eigenvalue weighted by molar-refractivity contribution is 0.208. The maximum absolute atomic E-state index is 12.7. The van der Waals surface area contributed by atoms with Gasteiger partial charge in [-0.3, -0.25) is 0 Å². The molecule has 1 N–H and O–H groups in total.